The highest BCUT2D eigenvalue weighted by Crippen LogP contribution is 2.16. The molecule has 0 aromatic heterocycles. The average molecular weight is 1070 g/mol. The number of carbonyl (C=O) groups is 3. The predicted octanol–water partition coefficient (Wildman–Crippen LogP) is 22.0. The molecule has 0 aromatic carbocycles. The highest BCUT2D eigenvalue weighted by atomic mass is 16.6. The molecular formula is C71H118O6. The van der Waals surface area contributed by atoms with Gasteiger partial charge in [-0.1, -0.05) is 277 Å². The molecule has 0 saturated carbocycles. The van der Waals surface area contributed by atoms with Gasteiger partial charge in [0.25, 0.3) is 0 Å². The van der Waals surface area contributed by atoms with Crippen LogP contribution in [0.1, 0.15) is 290 Å². The van der Waals surface area contributed by atoms with Crippen LogP contribution in [0.5, 0.6) is 0 Å². The molecule has 0 bridgehead atoms. The zero-order valence-electron chi connectivity index (χ0n) is 50.2. The molecule has 0 rings (SSSR count). The summed E-state index contributed by atoms with van der Waals surface area (Å²) in [5.74, 6) is -0.993. The maximum absolute atomic E-state index is 12.9. The van der Waals surface area contributed by atoms with E-state index in [2.05, 4.69) is 136 Å². The van der Waals surface area contributed by atoms with E-state index in [0.717, 1.165) is 109 Å². The van der Waals surface area contributed by atoms with E-state index in [1.54, 1.807) is 0 Å². The molecule has 0 amide bonds. The Bertz CT molecular complexity index is 1600. The maximum atomic E-state index is 12.9. The van der Waals surface area contributed by atoms with E-state index in [1.165, 1.54) is 135 Å². The summed E-state index contributed by atoms with van der Waals surface area (Å²) in [6.45, 7) is 6.35. The van der Waals surface area contributed by atoms with Gasteiger partial charge in [-0.05, 0) is 116 Å². The number of carbonyl (C=O) groups excluding carboxylic acids is 3. The summed E-state index contributed by atoms with van der Waals surface area (Å²) in [6, 6.07) is 0. The van der Waals surface area contributed by atoms with E-state index in [0.29, 0.717) is 19.3 Å². The van der Waals surface area contributed by atoms with Crippen molar-refractivity contribution in [2.75, 3.05) is 13.2 Å². The summed E-state index contributed by atoms with van der Waals surface area (Å²) in [5.41, 5.74) is 0. The van der Waals surface area contributed by atoms with Crippen LogP contribution in [0.25, 0.3) is 0 Å². The summed E-state index contributed by atoms with van der Waals surface area (Å²) in [6.07, 6.45) is 89.5. The van der Waals surface area contributed by atoms with E-state index >= 15 is 0 Å². The quantitative estimate of drug-likeness (QED) is 0.0261. The molecule has 0 saturated heterocycles. The Morgan fingerprint density at radius 1 is 0.273 bits per heavy atom. The zero-order valence-corrected chi connectivity index (χ0v) is 50.2. The van der Waals surface area contributed by atoms with Crippen LogP contribution in [0.2, 0.25) is 0 Å². The van der Waals surface area contributed by atoms with Gasteiger partial charge in [0.1, 0.15) is 13.2 Å². The Morgan fingerprint density at radius 3 is 0.883 bits per heavy atom. The number of unbranched alkanes of at least 4 members (excludes halogenated alkanes) is 26. The van der Waals surface area contributed by atoms with Gasteiger partial charge in [-0.15, -0.1) is 0 Å². The largest absolute Gasteiger partial charge is 0.462 e. The van der Waals surface area contributed by atoms with Crippen LogP contribution >= 0.6 is 0 Å². The van der Waals surface area contributed by atoms with Crippen molar-refractivity contribution in [3.63, 3.8) is 0 Å². The molecule has 1 unspecified atom stereocenters. The third kappa shape index (κ3) is 62.5. The molecule has 1 atom stereocenters. The molecule has 0 spiro atoms. The fraction of sp³-hybridized carbons (Fsp3) is 0.676. The minimum atomic E-state index is -0.813. The standard InChI is InChI=1S/C71H118O6/c1-4-7-10-13-16-19-22-25-27-28-29-30-31-32-33-34-35-36-37-38-39-40-41-42-44-46-49-52-55-58-61-64-70(73)76-67-68(66-75-69(72)63-60-57-54-51-48-45-24-21-18-15-12-9-6-3)77-71(74)65-62-59-56-53-50-47-43-26-23-20-17-14-11-8-5-2/h7,9-10,12,16,18-19,21,25-27,29-30,32-33,43,45,48,54,57,68H,4-6,8,11,13-15,17,20,22-24,28,31,34-42,44,46-47,49-53,55-56,58-67H2,1-3H3/b10-7-,12-9-,19-16-,21-18-,27-25-,30-29-,33-32-,43-26-,48-45-,57-54-. The van der Waals surface area contributed by atoms with Crippen molar-refractivity contribution in [3.8, 4) is 0 Å². The number of esters is 3. The minimum absolute atomic E-state index is 0.104. The van der Waals surface area contributed by atoms with E-state index in [1.807, 2.05) is 6.08 Å². The lowest BCUT2D eigenvalue weighted by Gasteiger charge is -2.18. The van der Waals surface area contributed by atoms with Crippen molar-refractivity contribution in [1.82, 2.24) is 0 Å². The van der Waals surface area contributed by atoms with Crippen molar-refractivity contribution < 1.29 is 28.6 Å². The molecule has 0 fully saturated rings. The van der Waals surface area contributed by atoms with Gasteiger partial charge in [-0.25, -0.2) is 0 Å². The Kier molecular flexibility index (Phi) is 60.8. The highest BCUT2D eigenvalue weighted by Gasteiger charge is 2.19. The summed E-state index contributed by atoms with van der Waals surface area (Å²) >= 11 is 0. The van der Waals surface area contributed by atoms with Gasteiger partial charge >= 0.3 is 17.9 Å². The summed E-state index contributed by atoms with van der Waals surface area (Å²) in [4.78, 5) is 38.2. The van der Waals surface area contributed by atoms with Gasteiger partial charge in [-0.2, -0.15) is 0 Å². The number of allylic oxidation sites excluding steroid dienone is 20. The van der Waals surface area contributed by atoms with Crippen molar-refractivity contribution in [2.45, 2.75) is 297 Å². The van der Waals surface area contributed by atoms with Crippen LogP contribution in [-0.2, 0) is 28.6 Å². The third-order valence-electron chi connectivity index (χ3n) is 13.4. The van der Waals surface area contributed by atoms with Crippen LogP contribution in [0, 0.1) is 0 Å². The zero-order chi connectivity index (χ0) is 55.7. The lowest BCUT2D eigenvalue weighted by molar-refractivity contribution is -0.166. The lowest BCUT2D eigenvalue weighted by atomic mass is 10.0. The molecule has 0 N–H and O–H groups in total. The van der Waals surface area contributed by atoms with Gasteiger partial charge in [0.15, 0.2) is 6.10 Å². The van der Waals surface area contributed by atoms with E-state index in [-0.39, 0.29) is 37.5 Å². The van der Waals surface area contributed by atoms with Gasteiger partial charge < -0.3 is 14.2 Å². The molecule has 0 aliphatic rings. The van der Waals surface area contributed by atoms with Crippen molar-refractivity contribution in [2.24, 2.45) is 0 Å². The van der Waals surface area contributed by atoms with Crippen molar-refractivity contribution in [1.29, 1.82) is 0 Å². The molecule has 0 aliphatic heterocycles. The van der Waals surface area contributed by atoms with Crippen LogP contribution in [0.3, 0.4) is 0 Å². The lowest BCUT2D eigenvalue weighted by Crippen LogP contribution is -2.30. The first-order valence-corrected chi connectivity index (χ1v) is 32.0. The first-order valence-electron chi connectivity index (χ1n) is 32.0. The summed E-state index contributed by atoms with van der Waals surface area (Å²) in [7, 11) is 0. The SMILES string of the molecule is CC/C=C\C/C=C\C/C=C\C/C=C\C/C=C\CCCCCCCCCCCCCCCCCC(=O)OCC(COC(=O)CC/C=C\C/C=C\C/C=C\C/C=C\CC)OC(=O)CCCCCCC/C=C\CCCCCCCC. The molecule has 438 valence electrons. The monoisotopic (exact) mass is 1070 g/mol. The Balaban J connectivity index is 4.25. The van der Waals surface area contributed by atoms with Crippen LogP contribution < -0.4 is 0 Å². The number of hydrogen-bond acceptors (Lipinski definition) is 6. The second-order valence-electron chi connectivity index (χ2n) is 20.9. The predicted molar refractivity (Wildman–Crippen MR) is 334 cm³/mol. The maximum Gasteiger partial charge on any atom is 0.306 e. The van der Waals surface area contributed by atoms with Gasteiger partial charge in [-0.3, -0.25) is 14.4 Å². The topological polar surface area (TPSA) is 78.9 Å². The fourth-order valence-electron chi connectivity index (χ4n) is 8.71. The second kappa shape index (κ2) is 64.3. The fourth-order valence-corrected chi connectivity index (χ4v) is 8.71. The number of hydrogen-bond donors (Lipinski definition) is 0. The summed E-state index contributed by atoms with van der Waals surface area (Å²) < 4.78 is 16.8. The first kappa shape index (κ1) is 72.8. The highest BCUT2D eigenvalue weighted by molar-refractivity contribution is 5.71. The van der Waals surface area contributed by atoms with Gasteiger partial charge in [0, 0.05) is 19.3 Å². The van der Waals surface area contributed by atoms with Crippen LogP contribution in [0.4, 0.5) is 0 Å². The smallest absolute Gasteiger partial charge is 0.306 e. The molecule has 6 heteroatoms. The third-order valence-corrected chi connectivity index (χ3v) is 13.4. The molecular weight excluding hydrogens is 949 g/mol. The Morgan fingerprint density at radius 2 is 0.532 bits per heavy atom. The van der Waals surface area contributed by atoms with E-state index in [4.69, 9.17) is 14.2 Å². The van der Waals surface area contributed by atoms with Crippen LogP contribution in [0.15, 0.2) is 122 Å². The number of ether oxygens (including phenoxy) is 3. The average Bonchev–Trinajstić information content (AvgIpc) is 3.43. The van der Waals surface area contributed by atoms with E-state index < -0.39 is 6.10 Å². The molecule has 6 nitrogen and oxygen atoms in total. The number of rotatable bonds is 57. The van der Waals surface area contributed by atoms with Crippen molar-refractivity contribution in [3.05, 3.63) is 122 Å². The molecule has 0 heterocycles. The van der Waals surface area contributed by atoms with E-state index in [9.17, 15) is 14.4 Å². The van der Waals surface area contributed by atoms with Crippen LogP contribution in [-0.4, -0.2) is 37.2 Å². The first-order chi connectivity index (χ1) is 38.0. The minimum Gasteiger partial charge on any atom is -0.462 e. The van der Waals surface area contributed by atoms with Gasteiger partial charge in [0.05, 0.1) is 0 Å². The molecule has 0 aromatic rings. The molecule has 0 aliphatic carbocycles. The Labute approximate surface area is 475 Å². The van der Waals surface area contributed by atoms with Crippen molar-refractivity contribution >= 4 is 17.9 Å². The molecule has 77 heavy (non-hydrogen) atoms. The normalized spacial score (nSPS) is 12.9. The van der Waals surface area contributed by atoms with Gasteiger partial charge in [0.2, 0.25) is 0 Å². The Hall–Kier alpha value is -4.19. The molecule has 0 radical (unpaired) electrons. The summed E-state index contributed by atoms with van der Waals surface area (Å²) in [5, 5.41) is 0. The second-order valence-corrected chi connectivity index (χ2v) is 20.9.